The monoisotopic (exact) mass is 316 g/mol. The zero-order valence-corrected chi connectivity index (χ0v) is 14.0. The molecule has 1 unspecified atom stereocenters. The molecule has 7 heteroatoms. The minimum absolute atomic E-state index is 0.0297. The molecule has 1 aliphatic heterocycles. The molecule has 22 heavy (non-hydrogen) atoms. The van der Waals surface area contributed by atoms with Crippen LogP contribution < -0.4 is 0 Å². The fourth-order valence-electron chi connectivity index (χ4n) is 2.99. The van der Waals surface area contributed by atoms with E-state index in [1.807, 2.05) is 20.8 Å². The second-order valence-electron chi connectivity index (χ2n) is 7.12. The topological polar surface area (TPSA) is 92.9 Å². The van der Waals surface area contributed by atoms with Crippen molar-refractivity contribution >= 4 is 6.09 Å². The van der Waals surface area contributed by atoms with Crippen LogP contribution in [0.25, 0.3) is 0 Å². The number of likely N-dealkylation sites (tertiary alicyclic amines) is 1. The molecule has 0 spiro atoms. The predicted molar refractivity (Wildman–Crippen MR) is 82.3 cm³/mol. The average Bonchev–Trinajstić information content (AvgIpc) is 2.42. The van der Waals surface area contributed by atoms with Gasteiger partial charge in [0.05, 0.1) is 0 Å². The standard InChI is InChI=1S/C15H28N2O5/c1-12(17(20)21)15(6-5-11-18)7-9-16(10-8-15)13(19)22-14(2,3)4/h12,18H,5-11H2,1-4H3. The molecule has 1 aliphatic rings. The summed E-state index contributed by atoms with van der Waals surface area (Å²) < 4.78 is 5.35. The highest BCUT2D eigenvalue weighted by Crippen LogP contribution is 2.40. The third kappa shape index (κ3) is 4.83. The molecule has 0 aromatic heterocycles. The molecule has 1 heterocycles. The molecule has 1 rings (SSSR count). The summed E-state index contributed by atoms with van der Waals surface area (Å²) in [5, 5.41) is 20.3. The van der Waals surface area contributed by atoms with Crippen LogP contribution in [0.2, 0.25) is 0 Å². The third-order valence-electron chi connectivity index (χ3n) is 4.45. The number of carbonyl (C=O) groups is 1. The highest BCUT2D eigenvalue weighted by atomic mass is 16.6. The number of hydrogen-bond donors (Lipinski definition) is 1. The first-order valence-corrected chi connectivity index (χ1v) is 7.83. The van der Waals surface area contributed by atoms with E-state index in [1.165, 1.54) is 0 Å². The van der Waals surface area contributed by atoms with Gasteiger partial charge in [0.15, 0.2) is 0 Å². The molecule has 0 aliphatic carbocycles. The second kappa shape index (κ2) is 7.26. The lowest BCUT2D eigenvalue weighted by atomic mass is 9.70. The highest BCUT2D eigenvalue weighted by molar-refractivity contribution is 5.68. The van der Waals surface area contributed by atoms with E-state index in [0.717, 1.165) is 0 Å². The van der Waals surface area contributed by atoms with Crippen LogP contribution in [0.5, 0.6) is 0 Å². The maximum Gasteiger partial charge on any atom is 0.410 e. The van der Waals surface area contributed by atoms with Crippen LogP contribution in [0.4, 0.5) is 4.79 Å². The van der Waals surface area contributed by atoms with Gasteiger partial charge >= 0.3 is 6.09 Å². The first kappa shape index (κ1) is 18.7. The maximum atomic E-state index is 12.1. The number of rotatable bonds is 5. The molecule has 0 bridgehead atoms. The van der Waals surface area contributed by atoms with Gasteiger partial charge in [0.25, 0.3) is 0 Å². The Bertz CT molecular complexity index is 397. The van der Waals surface area contributed by atoms with E-state index >= 15 is 0 Å². The number of nitro groups is 1. The van der Waals surface area contributed by atoms with Crippen LogP contribution in [0.3, 0.4) is 0 Å². The normalized spacial score (nSPS) is 19.6. The zero-order chi connectivity index (χ0) is 17.0. The van der Waals surface area contributed by atoms with Crippen LogP contribution in [-0.2, 0) is 4.74 Å². The molecule has 0 aromatic carbocycles. The van der Waals surface area contributed by atoms with Crippen molar-refractivity contribution in [2.45, 2.75) is 65.0 Å². The Morgan fingerprint density at radius 1 is 1.41 bits per heavy atom. The molecule has 7 nitrogen and oxygen atoms in total. The van der Waals surface area contributed by atoms with Crippen LogP contribution >= 0.6 is 0 Å². The Hall–Kier alpha value is -1.37. The molecule has 1 N–H and O–H groups in total. The Balaban J connectivity index is 2.72. The third-order valence-corrected chi connectivity index (χ3v) is 4.45. The van der Waals surface area contributed by atoms with Crippen molar-refractivity contribution in [2.24, 2.45) is 5.41 Å². The average molecular weight is 316 g/mol. The van der Waals surface area contributed by atoms with E-state index in [9.17, 15) is 14.9 Å². The first-order chi connectivity index (χ1) is 10.1. The van der Waals surface area contributed by atoms with E-state index in [-0.39, 0.29) is 17.6 Å². The number of hydrogen-bond acceptors (Lipinski definition) is 5. The Morgan fingerprint density at radius 2 is 1.95 bits per heavy atom. The number of aliphatic hydroxyl groups excluding tert-OH is 1. The van der Waals surface area contributed by atoms with Crippen molar-refractivity contribution in [1.29, 1.82) is 0 Å². The summed E-state index contributed by atoms with van der Waals surface area (Å²) in [4.78, 5) is 24.7. The second-order valence-corrected chi connectivity index (χ2v) is 7.12. The van der Waals surface area contributed by atoms with Crippen LogP contribution in [0.15, 0.2) is 0 Å². The number of ether oxygens (including phenoxy) is 1. The molecule has 1 amide bonds. The summed E-state index contributed by atoms with van der Waals surface area (Å²) in [5.41, 5.74) is -0.999. The molecular formula is C15H28N2O5. The van der Waals surface area contributed by atoms with Gasteiger partial charge < -0.3 is 14.7 Å². The fraction of sp³-hybridized carbons (Fsp3) is 0.933. The summed E-state index contributed by atoms with van der Waals surface area (Å²) in [7, 11) is 0. The van der Waals surface area contributed by atoms with Gasteiger partial charge in [-0.3, -0.25) is 10.1 Å². The molecule has 1 saturated heterocycles. The maximum absolute atomic E-state index is 12.1. The van der Waals surface area contributed by atoms with Gasteiger partial charge in [-0.15, -0.1) is 0 Å². The Labute approximate surface area is 131 Å². The van der Waals surface area contributed by atoms with Gasteiger partial charge in [0.1, 0.15) is 5.60 Å². The van der Waals surface area contributed by atoms with E-state index in [4.69, 9.17) is 9.84 Å². The van der Waals surface area contributed by atoms with E-state index in [1.54, 1.807) is 11.8 Å². The SMILES string of the molecule is CC([N+](=O)[O-])C1(CCCO)CCN(C(=O)OC(C)(C)C)CC1. The Kier molecular flexibility index (Phi) is 6.17. The van der Waals surface area contributed by atoms with E-state index < -0.39 is 17.1 Å². The van der Waals surface area contributed by atoms with E-state index in [2.05, 4.69) is 0 Å². The van der Waals surface area contributed by atoms with Gasteiger partial charge in [0, 0.05) is 37.0 Å². The molecule has 1 atom stereocenters. The quantitative estimate of drug-likeness (QED) is 0.621. The van der Waals surface area contributed by atoms with Gasteiger partial charge in [-0.05, 0) is 46.5 Å². The van der Waals surface area contributed by atoms with Gasteiger partial charge in [-0.2, -0.15) is 0 Å². The van der Waals surface area contributed by atoms with Gasteiger partial charge in [-0.1, -0.05) is 0 Å². The minimum Gasteiger partial charge on any atom is -0.444 e. The van der Waals surface area contributed by atoms with E-state index in [0.29, 0.717) is 38.8 Å². The lowest BCUT2D eigenvalue weighted by molar-refractivity contribution is -0.540. The number of amides is 1. The molecule has 0 aromatic rings. The van der Waals surface area contributed by atoms with Gasteiger partial charge in [-0.25, -0.2) is 4.79 Å². The first-order valence-electron chi connectivity index (χ1n) is 7.83. The summed E-state index contributed by atoms with van der Waals surface area (Å²) in [6, 6.07) is -0.681. The smallest absolute Gasteiger partial charge is 0.410 e. The van der Waals surface area contributed by atoms with Crippen LogP contribution in [-0.4, -0.2) is 52.4 Å². The van der Waals surface area contributed by atoms with Gasteiger partial charge in [0.2, 0.25) is 6.04 Å². The molecular weight excluding hydrogens is 288 g/mol. The summed E-state index contributed by atoms with van der Waals surface area (Å²) >= 11 is 0. The number of carbonyl (C=O) groups excluding carboxylic acids is 1. The fourth-order valence-corrected chi connectivity index (χ4v) is 2.99. The molecule has 1 fully saturated rings. The van der Waals surface area contributed by atoms with Crippen LogP contribution in [0, 0.1) is 15.5 Å². The van der Waals surface area contributed by atoms with Crippen molar-refractivity contribution in [3.8, 4) is 0 Å². The number of aliphatic hydroxyl groups is 1. The molecule has 128 valence electrons. The predicted octanol–water partition coefficient (Wildman–Crippen LogP) is 2.44. The van der Waals surface area contributed by atoms with Crippen LogP contribution in [0.1, 0.15) is 53.4 Å². The van der Waals surface area contributed by atoms with Crippen molar-refractivity contribution in [1.82, 2.24) is 4.90 Å². The highest BCUT2D eigenvalue weighted by Gasteiger charge is 2.46. The van der Waals surface area contributed by atoms with Crippen molar-refractivity contribution in [3.63, 3.8) is 0 Å². The lowest BCUT2D eigenvalue weighted by Gasteiger charge is -2.42. The van der Waals surface area contributed by atoms with Crippen molar-refractivity contribution in [3.05, 3.63) is 10.1 Å². The molecule has 0 saturated carbocycles. The largest absolute Gasteiger partial charge is 0.444 e. The number of piperidine rings is 1. The summed E-state index contributed by atoms with van der Waals surface area (Å²) in [6.07, 6.45) is 1.92. The summed E-state index contributed by atoms with van der Waals surface area (Å²) in [6.45, 7) is 8.01. The summed E-state index contributed by atoms with van der Waals surface area (Å²) in [5.74, 6) is 0. The molecule has 0 radical (unpaired) electrons. The van der Waals surface area contributed by atoms with Crippen molar-refractivity contribution < 1.29 is 19.6 Å². The minimum atomic E-state index is -0.681. The Morgan fingerprint density at radius 3 is 2.36 bits per heavy atom. The lowest BCUT2D eigenvalue weighted by Crippen LogP contribution is -2.50. The van der Waals surface area contributed by atoms with Crippen molar-refractivity contribution in [2.75, 3.05) is 19.7 Å². The number of nitrogens with zero attached hydrogens (tertiary/aromatic N) is 2. The zero-order valence-electron chi connectivity index (χ0n) is 14.0.